The molecule has 55 heavy (non-hydrogen) atoms. The highest BCUT2D eigenvalue weighted by Gasteiger charge is 2.36. The van der Waals surface area contributed by atoms with Crippen molar-refractivity contribution >= 4 is 23.2 Å². The molecule has 0 aromatic heterocycles. The van der Waals surface area contributed by atoms with E-state index in [1.807, 2.05) is 42.5 Å². The second-order valence-corrected chi connectivity index (χ2v) is 15.2. The number of amides is 2. The lowest BCUT2D eigenvalue weighted by Crippen LogP contribution is -2.45. The van der Waals surface area contributed by atoms with E-state index in [0.717, 1.165) is 59.4 Å². The van der Waals surface area contributed by atoms with Gasteiger partial charge < -0.3 is 35.8 Å². The maximum atomic E-state index is 12.8. The third kappa shape index (κ3) is 10.4. The van der Waals surface area contributed by atoms with Crippen LogP contribution in [0.15, 0.2) is 97.1 Å². The summed E-state index contributed by atoms with van der Waals surface area (Å²) < 4.78 is 13.5. The van der Waals surface area contributed by atoms with Gasteiger partial charge in [0.2, 0.25) is 11.8 Å². The molecule has 0 radical (unpaired) electrons. The van der Waals surface area contributed by atoms with E-state index in [1.165, 1.54) is 38.8 Å². The molecular formula is C45H55N5O5. The van der Waals surface area contributed by atoms with Crippen LogP contribution in [-0.2, 0) is 32.2 Å². The van der Waals surface area contributed by atoms with Crippen LogP contribution in [0.5, 0.6) is 0 Å². The maximum absolute atomic E-state index is 12.8. The normalized spacial score (nSPS) is 21.8. The standard InChI is InChI=1S/C45H55N5O5/c46-40-12-3-4-13-41(40)48-44(53)15-7-14-43(52)47-28-36-9-1-2-11-39(36)33-20-22-35(23-21-33)45-54-38(27-42(55-45)34-18-16-32(31-51)17-19-34)30-50-26-8-10-37(50)29-49-24-5-6-25-49/h1-4,9,11-13,16-23,37-38,42,45,51H,5-8,10,14-15,24-31,46H2,(H,47,52)(H,48,53)/t37-,38+,42-,45-/m0/s1. The molecule has 0 unspecified atom stereocenters. The Morgan fingerprint density at radius 2 is 1.51 bits per heavy atom. The van der Waals surface area contributed by atoms with Gasteiger partial charge in [-0.1, -0.05) is 84.9 Å². The summed E-state index contributed by atoms with van der Waals surface area (Å²) in [5.41, 5.74) is 13.0. The molecule has 4 aromatic rings. The van der Waals surface area contributed by atoms with E-state index in [2.05, 4.69) is 62.9 Å². The Morgan fingerprint density at radius 3 is 2.29 bits per heavy atom. The maximum Gasteiger partial charge on any atom is 0.224 e. The van der Waals surface area contributed by atoms with Crippen LogP contribution >= 0.6 is 0 Å². The Balaban J connectivity index is 0.977. The molecule has 10 nitrogen and oxygen atoms in total. The van der Waals surface area contributed by atoms with Crippen LogP contribution in [0.3, 0.4) is 0 Å². The molecule has 3 aliphatic rings. The van der Waals surface area contributed by atoms with Gasteiger partial charge in [0, 0.05) is 50.5 Å². The number of anilines is 2. The van der Waals surface area contributed by atoms with Gasteiger partial charge in [-0.25, -0.2) is 0 Å². The molecule has 3 saturated heterocycles. The Bertz CT molecular complexity index is 1860. The molecule has 4 atom stereocenters. The Labute approximate surface area is 325 Å². The third-order valence-corrected chi connectivity index (χ3v) is 11.2. The molecule has 290 valence electrons. The minimum atomic E-state index is -0.517. The summed E-state index contributed by atoms with van der Waals surface area (Å²) in [6.45, 7) is 5.97. The van der Waals surface area contributed by atoms with E-state index in [9.17, 15) is 14.7 Å². The molecule has 7 rings (SSSR count). The summed E-state index contributed by atoms with van der Waals surface area (Å²) in [5, 5.41) is 15.5. The highest BCUT2D eigenvalue weighted by molar-refractivity contribution is 5.94. The number of hydrogen-bond donors (Lipinski definition) is 4. The van der Waals surface area contributed by atoms with Crippen LogP contribution in [0.4, 0.5) is 11.4 Å². The van der Waals surface area contributed by atoms with Gasteiger partial charge in [0.25, 0.3) is 0 Å². The molecule has 3 fully saturated rings. The molecule has 0 bridgehead atoms. The number of ether oxygens (including phenoxy) is 2. The lowest BCUT2D eigenvalue weighted by molar-refractivity contribution is -0.253. The van der Waals surface area contributed by atoms with Crippen LogP contribution in [0, 0.1) is 0 Å². The number of carbonyl (C=O) groups is 2. The number of nitrogen functional groups attached to an aromatic ring is 1. The van der Waals surface area contributed by atoms with Crippen molar-refractivity contribution in [3.8, 4) is 11.1 Å². The van der Waals surface area contributed by atoms with Crippen molar-refractivity contribution in [3.63, 3.8) is 0 Å². The summed E-state index contributed by atoms with van der Waals surface area (Å²) in [7, 11) is 0. The zero-order valence-corrected chi connectivity index (χ0v) is 31.7. The number of hydrogen-bond acceptors (Lipinski definition) is 8. The Hall–Kier alpha value is -4.58. The average Bonchev–Trinajstić information content (AvgIpc) is 3.90. The number of nitrogens with zero attached hydrogens (tertiary/aromatic N) is 2. The fraction of sp³-hybridized carbons (Fsp3) is 0.422. The molecule has 3 heterocycles. The Morgan fingerprint density at radius 1 is 0.782 bits per heavy atom. The number of benzene rings is 4. The van der Waals surface area contributed by atoms with Gasteiger partial charge in [-0.05, 0) is 91.7 Å². The quantitative estimate of drug-likeness (QED) is 0.0963. The number of aliphatic hydroxyl groups excluding tert-OH is 1. The van der Waals surface area contributed by atoms with Crippen LogP contribution in [-0.4, -0.2) is 71.6 Å². The van der Waals surface area contributed by atoms with Gasteiger partial charge in [0.05, 0.1) is 30.2 Å². The third-order valence-electron chi connectivity index (χ3n) is 11.2. The summed E-state index contributed by atoms with van der Waals surface area (Å²) in [6.07, 6.45) is 6.15. The van der Waals surface area contributed by atoms with E-state index >= 15 is 0 Å². The van der Waals surface area contributed by atoms with E-state index in [1.54, 1.807) is 12.1 Å². The van der Waals surface area contributed by atoms with Crippen LogP contribution in [0.2, 0.25) is 0 Å². The van der Waals surface area contributed by atoms with Gasteiger partial charge in [0.1, 0.15) is 0 Å². The molecule has 10 heteroatoms. The minimum Gasteiger partial charge on any atom is -0.397 e. The van der Waals surface area contributed by atoms with Gasteiger partial charge >= 0.3 is 0 Å². The van der Waals surface area contributed by atoms with Crippen LogP contribution in [0.1, 0.15) is 86.0 Å². The van der Waals surface area contributed by atoms with Crippen molar-refractivity contribution in [3.05, 3.63) is 119 Å². The topological polar surface area (TPSA) is 129 Å². The van der Waals surface area contributed by atoms with E-state index in [0.29, 0.717) is 30.4 Å². The van der Waals surface area contributed by atoms with E-state index in [4.69, 9.17) is 15.2 Å². The Kier molecular flexibility index (Phi) is 13.3. The van der Waals surface area contributed by atoms with Crippen LogP contribution < -0.4 is 16.4 Å². The number of aliphatic hydroxyl groups is 1. The number of likely N-dealkylation sites (tertiary alicyclic amines) is 2. The highest BCUT2D eigenvalue weighted by Crippen LogP contribution is 2.39. The summed E-state index contributed by atoms with van der Waals surface area (Å²) in [6, 6.07) is 32.2. The van der Waals surface area contributed by atoms with Crippen molar-refractivity contribution in [2.75, 3.05) is 43.8 Å². The fourth-order valence-corrected chi connectivity index (χ4v) is 8.19. The lowest BCUT2D eigenvalue weighted by atomic mass is 9.97. The van der Waals surface area contributed by atoms with Gasteiger partial charge in [-0.2, -0.15) is 0 Å². The summed E-state index contributed by atoms with van der Waals surface area (Å²) in [4.78, 5) is 30.4. The molecule has 0 saturated carbocycles. The second-order valence-electron chi connectivity index (χ2n) is 15.2. The summed E-state index contributed by atoms with van der Waals surface area (Å²) >= 11 is 0. The average molecular weight is 746 g/mol. The first-order valence-corrected chi connectivity index (χ1v) is 20.0. The van der Waals surface area contributed by atoms with Crippen molar-refractivity contribution in [1.29, 1.82) is 0 Å². The SMILES string of the molecule is Nc1ccccc1NC(=O)CCCC(=O)NCc1ccccc1-c1ccc([C@H]2O[C@@H](CN3CCC[C@H]3CN3CCCC3)C[C@@H](c3ccc(CO)cc3)O2)cc1. The van der Waals surface area contributed by atoms with Crippen molar-refractivity contribution in [2.45, 2.75) is 89.1 Å². The van der Waals surface area contributed by atoms with Crippen molar-refractivity contribution < 1.29 is 24.2 Å². The number of nitrogens with one attached hydrogen (secondary N) is 2. The van der Waals surface area contributed by atoms with Crippen molar-refractivity contribution in [1.82, 2.24) is 15.1 Å². The first kappa shape index (κ1) is 38.7. The summed E-state index contributed by atoms with van der Waals surface area (Å²) in [5.74, 6) is -0.269. The highest BCUT2D eigenvalue weighted by atomic mass is 16.7. The molecule has 0 spiro atoms. The number of para-hydroxylation sites is 2. The predicted octanol–water partition coefficient (Wildman–Crippen LogP) is 6.96. The van der Waals surface area contributed by atoms with E-state index < -0.39 is 6.29 Å². The smallest absolute Gasteiger partial charge is 0.224 e. The number of rotatable bonds is 15. The molecule has 3 aliphatic heterocycles. The van der Waals surface area contributed by atoms with Gasteiger partial charge in [-0.15, -0.1) is 0 Å². The van der Waals surface area contributed by atoms with E-state index in [-0.39, 0.29) is 43.5 Å². The molecular weight excluding hydrogens is 691 g/mol. The monoisotopic (exact) mass is 745 g/mol. The van der Waals surface area contributed by atoms with Crippen molar-refractivity contribution in [2.24, 2.45) is 0 Å². The van der Waals surface area contributed by atoms with Gasteiger partial charge in [0.15, 0.2) is 6.29 Å². The lowest BCUT2D eigenvalue weighted by Gasteiger charge is -2.39. The number of carbonyl (C=O) groups excluding carboxylic acids is 2. The van der Waals surface area contributed by atoms with Gasteiger partial charge in [-0.3, -0.25) is 14.5 Å². The first-order chi connectivity index (χ1) is 26.9. The molecule has 2 amide bonds. The largest absolute Gasteiger partial charge is 0.397 e. The predicted molar refractivity (Wildman–Crippen MR) is 216 cm³/mol. The first-order valence-electron chi connectivity index (χ1n) is 20.0. The molecule has 5 N–H and O–H groups in total. The van der Waals surface area contributed by atoms with Crippen LogP contribution in [0.25, 0.3) is 11.1 Å². The zero-order valence-electron chi connectivity index (χ0n) is 31.7. The zero-order chi connectivity index (χ0) is 38.0. The minimum absolute atomic E-state index is 0.0153. The molecule has 4 aromatic carbocycles. The second kappa shape index (κ2) is 18.8. The number of nitrogens with two attached hydrogens (primary N) is 1. The fourth-order valence-electron chi connectivity index (χ4n) is 8.19. The molecule has 0 aliphatic carbocycles.